The number of methoxy groups -OCH3 is 1. The fraction of sp³-hybridized carbons (Fsp3) is 0.100. The van der Waals surface area contributed by atoms with Gasteiger partial charge in [0, 0.05) is 0 Å². The molecule has 0 aliphatic carbocycles. The van der Waals surface area contributed by atoms with Crippen LogP contribution in [0, 0.1) is 11.3 Å². The monoisotopic (exact) mass is 362 g/mol. The molecule has 0 saturated heterocycles. The second-order valence-corrected chi connectivity index (χ2v) is 5.98. The lowest BCUT2D eigenvalue weighted by Crippen LogP contribution is -2.26. The topological polar surface area (TPSA) is 119 Å². The van der Waals surface area contributed by atoms with Gasteiger partial charge in [-0.05, 0) is 29.8 Å². The zero-order chi connectivity index (χ0) is 19.1. The molecule has 4 rings (SSSR count). The third-order valence-electron chi connectivity index (χ3n) is 4.51. The maximum atomic E-state index is 12.8. The van der Waals surface area contributed by atoms with Crippen LogP contribution in [-0.2, 0) is 0 Å². The normalized spacial score (nSPS) is 15.8. The first-order valence-electron chi connectivity index (χ1n) is 8.05. The molecule has 0 saturated carbocycles. The lowest BCUT2D eigenvalue weighted by molar-refractivity contribution is 0.371. The molecule has 7 heteroatoms. The quantitative estimate of drug-likeness (QED) is 0.673. The number of ether oxygens (including phenoxy) is 2. The molecule has 0 radical (unpaired) electrons. The molecule has 1 unspecified atom stereocenters. The molecule has 0 spiro atoms. The Morgan fingerprint density at radius 2 is 2.04 bits per heavy atom. The summed E-state index contributed by atoms with van der Waals surface area (Å²) >= 11 is 0. The van der Waals surface area contributed by atoms with E-state index in [2.05, 4.69) is 0 Å². The summed E-state index contributed by atoms with van der Waals surface area (Å²) in [5.41, 5.74) is 6.52. The van der Waals surface area contributed by atoms with Gasteiger partial charge in [-0.15, -0.1) is 0 Å². The van der Waals surface area contributed by atoms with Gasteiger partial charge in [-0.25, -0.2) is 4.79 Å². The summed E-state index contributed by atoms with van der Waals surface area (Å²) in [4.78, 5) is 12.8. The first-order valence-corrected chi connectivity index (χ1v) is 8.05. The summed E-state index contributed by atoms with van der Waals surface area (Å²) < 4.78 is 16.2. The van der Waals surface area contributed by atoms with Gasteiger partial charge in [-0.2, -0.15) is 5.26 Å². The van der Waals surface area contributed by atoms with Crippen molar-refractivity contribution in [2.24, 2.45) is 5.73 Å². The highest BCUT2D eigenvalue weighted by molar-refractivity contribution is 5.86. The minimum Gasteiger partial charge on any atom is -0.504 e. The number of nitrogens with zero attached hydrogens (tertiary/aromatic N) is 1. The Hall–Kier alpha value is -3.92. The van der Waals surface area contributed by atoms with Gasteiger partial charge in [0.15, 0.2) is 17.2 Å². The molecule has 1 aliphatic heterocycles. The van der Waals surface area contributed by atoms with Crippen molar-refractivity contribution in [3.05, 3.63) is 75.5 Å². The van der Waals surface area contributed by atoms with Crippen molar-refractivity contribution in [3.8, 4) is 23.3 Å². The minimum absolute atomic E-state index is 0.0606. The molecule has 1 aromatic heterocycles. The predicted octanol–water partition coefficient (Wildman–Crippen LogP) is 2.73. The number of rotatable bonds is 2. The number of hydrogen-bond acceptors (Lipinski definition) is 7. The predicted molar refractivity (Wildman–Crippen MR) is 96.4 cm³/mol. The average Bonchev–Trinajstić information content (AvgIpc) is 2.67. The Morgan fingerprint density at radius 3 is 2.78 bits per heavy atom. The van der Waals surface area contributed by atoms with Crippen molar-refractivity contribution in [2.45, 2.75) is 5.92 Å². The highest BCUT2D eigenvalue weighted by atomic mass is 16.5. The van der Waals surface area contributed by atoms with Crippen LogP contribution in [0.25, 0.3) is 11.0 Å². The molecule has 0 bridgehead atoms. The van der Waals surface area contributed by atoms with E-state index >= 15 is 0 Å². The average molecular weight is 362 g/mol. The molecule has 1 aliphatic rings. The fourth-order valence-corrected chi connectivity index (χ4v) is 3.27. The van der Waals surface area contributed by atoms with E-state index in [0.29, 0.717) is 16.5 Å². The zero-order valence-corrected chi connectivity index (χ0v) is 14.2. The van der Waals surface area contributed by atoms with E-state index in [1.54, 1.807) is 36.4 Å². The van der Waals surface area contributed by atoms with E-state index in [1.807, 2.05) is 6.07 Å². The smallest absolute Gasteiger partial charge is 0.344 e. The van der Waals surface area contributed by atoms with Crippen LogP contribution in [0.3, 0.4) is 0 Å². The third-order valence-corrected chi connectivity index (χ3v) is 4.51. The molecule has 3 aromatic rings. The maximum absolute atomic E-state index is 12.8. The van der Waals surface area contributed by atoms with E-state index in [4.69, 9.17) is 19.6 Å². The maximum Gasteiger partial charge on any atom is 0.344 e. The lowest BCUT2D eigenvalue weighted by Gasteiger charge is -2.26. The molecule has 0 amide bonds. The number of phenols is 1. The van der Waals surface area contributed by atoms with Crippen LogP contribution in [0.2, 0.25) is 0 Å². The number of nitrogens with two attached hydrogens (primary N) is 1. The summed E-state index contributed by atoms with van der Waals surface area (Å²) in [5, 5.41) is 20.1. The molecule has 3 N–H and O–H groups in total. The highest BCUT2D eigenvalue weighted by Gasteiger charge is 2.35. The number of phenolic OH excluding ortho intramolecular Hbond substituents is 1. The number of allylic oxidation sites excluding steroid dienone is 1. The Labute approximate surface area is 153 Å². The summed E-state index contributed by atoms with van der Waals surface area (Å²) in [7, 11) is 1.41. The molecule has 27 heavy (non-hydrogen) atoms. The minimum atomic E-state index is -0.811. The highest BCUT2D eigenvalue weighted by Crippen LogP contribution is 2.44. The van der Waals surface area contributed by atoms with E-state index in [0.717, 1.165) is 0 Å². The second-order valence-electron chi connectivity index (χ2n) is 5.98. The van der Waals surface area contributed by atoms with Crippen molar-refractivity contribution in [2.75, 3.05) is 7.11 Å². The molecule has 2 heterocycles. The van der Waals surface area contributed by atoms with Crippen LogP contribution < -0.4 is 20.8 Å². The number of hydrogen-bond donors (Lipinski definition) is 2. The first-order chi connectivity index (χ1) is 13.0. The lowest BCUT2D eigenvalue weighted by atomic mass is 9.83. The Bertz CT molecular complexity index is 1200. The van der Waals surface area contributed by atoms with E-state index < -0.39 is 11.5 Å². The number of benzene rings is 2. The Balaban J connectivity index is 2.06. The number of aromatic hydroxyl groups is 1. The van der Waals surface area contributed by atoms with Gasteiger partial charge in [-0.3, -0.25) is 0 Å². The van der Waals surface area contributed by atoms with E-state index in [-0.39, 0.29) is 34.3 Å². The summed E-state index contributed by atoms with van der Waals surface area (Å²) in [6.07, 6.45) is 0. The van der Waals surface area contributed by atoms with Gasteiger partial charge in [-0.1, -0.05) is 18.2 Å². The van der Waals surface area contributed by atoms with Gasteiger partial charge in [0.1, 0.15) is 17.2 Å². The SMILES string of the molecule is COc1cc(C2C(C#N)=C(N)Oc3c2c(=O)oc2ccccc32)ccc1O. The van der Waals surface area contributed by atoms with Crippen LogP contribution in [0.5, 0.6) is 17.2 Å². The number of para-hydroxylation sites is 1. The van der Waals surface area contributed by atoms with Crippen molar-refractivity contribution in [3.63, 3.8) is 0 Å². The van der Waals surface area contributed by atoms with E-state index in [9.17, 15) is 15.2 Å². The second kappa shape index (κ2) is 6.11. The van der Waals surface area contributed by atoms with E-state index in [1.165, 1.54) is 13.2 Å². The van der Waals surface area contributed by atoms with Crippen molar-refractivity contribution >= 4 is 11.0 Å². The van der Waals surface area contributed by atoms with Gasteiger partial charge in [0.25, 0.3) is 0 Å². The van der Waals surface area contributed by atoms with Crippen LogP contribution in [0.1, 0.15) is 17.0 Å². The third kappa shape index (κ3) is 2.47. The summed E-state index contributed by atoms with van der Waals surface area (Å²) in [6, 6.07) is 13.5. The molecule has 134 valence electrons. The van der Waals surface area contributed by atoms with Crippen LogP contribution in [-0.4, -0.2) is 12.2 Å². The Morgan fingerprint density at radius 1 is 1.26 bits per heavy atom. The first kappa shape index (κ1) is 16.5. The fourth-order valence-electron chi connectivity index (χ4n) is 3.27. The van der Waals surface area contributed by atoms with Crippen LogP contribution in [0.15, 0.2) is 63.1 Å². The van der Waals surface area contributed by atoms with Crippen molar-refractivity contribution in [1.82, 2.24) is 0 Å². The molecular formula is C20H14N2O5. The van der Waals surface area contributed by atoms with Crippen molar-refractivity contribution in [1.29, 1.82) is 5.26 Å². The largest absolute Gasteiger partial charge is 0.504 e. The molecule has 7 nitrogen and oxygen atoms in total. The van der Waals surface area contributed by atoms with Gasteiger partial charge in [0.05, 0.1) is 24.0 Å². The number of fused-ring (bicyclic) bond motifs is 3. The van der Waals surface area contributed by atoms with Gasteiger partial charge in [0.2, 0.25) is 5.88 Å². The molecule has 1 atom stereocenters. The van der Waals surface area contributed by atoms with Crippen LogP contribution in [0.4, 0.5) is 0 Å². The number of nitriles is 1. The Kier molecular flexibility index (Phi) is 3.74. The summed E-state index contributed by atoms with van der Waals surface area (Å²) in [5.74, 6) is -0.488. The molecule has 0 fully saturated rings. The van der Waals surface area contributed by atoms with Crippen molar-refractivity contribution < 1.29 is 19.0 Å². The molecular weight excluding hydrogens is 348 g/mol. The molecule has 2 aromatic carbocycles. The summed E-state index contributed by atoms with van der Waals surface area (Å²) in [6.45, 7) is 0. The zero-order valence-electron chi connectivity index (χ0n) is 14.2. The van der Waals surface area contributed by atoms with Gasteiger partial charge < -0.3 is 24.7 Å². The standard InChI is InChI=1S/C20H14N2O5/c1-25-15-8-10(6-7-13(15)23)16-12(9-21)19(22)27-18-11-4-2-3-5-14(11)26-20(24)17(16)18/h2-8,16,23H,22H2,1H3. The van der Waals surface area contributed by atoms with Crippen LogP contribution >= 0.6 is 0 Å². The van der Waals surface area contributed by atoms with Gasteiger partial charge >= 0.3 is 5.63 Å².